The van der Waals surface area contributed by atoms with Crippen LogP contribution in [0.3, 0.4) is 0 Å². The lowest BCUT2D eigenvalue weighted by Gasteiger charge is -2.23. The Hall–Kier alpha value is -0.910. The second-order valence-electron chi connectivity index (χ2n) is 5.51. The molecule has 4 nitrogen and oxygen atoms in total. The van der Waals surface area contributed by atoms with Crippen molar-refractivity contribution in [3.8, 4) is 0 Å². The molecule has 0 aromatic carbocycles. The Morgan fingerprint density at radius 3 is 2.90 bits per heavy atom. The van der Waals surface area contributed by atoms with E-state index in [-0.39, 0.29) is 18.1 Å². The molecule has 118 valence electrons. The van der Waals surface area contributed by atoms with Crippen LogP contribution in [0.1, 0.15) is 50.1 Å². The van der Waals surface area contributed by atoms with E-state index in [0.29, 0.717) is 0 Å². The summed E-state index contributed by atoms with van der Waals surface area (Å²) in [4.78, 5) is 15.9. The average Bonchev–Trinajstić information content (AvgIpc) is 3.11. The lowest BCUT2D eigenvalue weighted by Crippen LogP contribution is -2.32. The average molecular weight is 310 g/mol. The zero-order valence-corrected chi connectivity index (χ0v) is 13.8. The number of ether oxygens (including phenoxy) is 1. The molecule has 0 bridgehead atoms. The van der Waals surface area contributed by atoms with Gasteiger partial charge in [0.05, 0.1) is 6.04 Å². The van der Waals surface area contributed by atoms with Crippen molar-refractivity contribution >= 4 is 17.2 Å². The minimum atomic E-state index is -0.0144. The highest BCUT2D eigenvalue weighted by Gasteiger charge is 2.38. The minimum Gasteiger partial charge on any atom is -0.385 e. The Labute approximate surface area is 131 Å². The van der Waals surface area contributed by atoms with E-state index in [0.717, 1.165) is 45.3 Å². The maximum absolute atomic E-state index is 12.6. The first-order valence-corrected chi connectivity index (χ1v) is 8.74. The molecule has 21 heavy (non-hydrogen) atoms. The van der Waals surface area contributed by atoms with Gasteiger partial charge in [0.1, 0.15) is 6.17 Å². The number of carbonyl (C=O) groups excluding carboxylic acids is 1. The summed E-state index contributed by atoms with van der Waals surface area (Å²) in [6.07, 6.45) is 5.20. The minimum absolute atomic E-state index is 0.0144. The molecule has 2 rings (SSSR count). The number of amides is 1. The molecule has 1 saturated heterocycles. The highest BCUT2D eigenvalue weighted by molar-refractivity contribution is 7.10. The van der Waals surface area contributed by atoms with Gasteiger partial charge in [-0.15, -0.1) is 11.3 Å². The van der Waals surface area contributed by atoms with Crippen LogP contribution in [0.4, 0.5) is 0 Å². The van der Waals surface area contributed by atoms with Gasteiger partial charge in [-0.05, 0) is 30.7 Å². The van der Waals surface area contributed by atoms with Crippen molar-refractivity contribution in [1.82, 2.24) is 10.2 Å². The molecule has 1 aliphatic heterocycles. The maximum Gasteiger partial charge on any atom is 0.241 e. The molecule has 2 unspecified atom stereocenters. The van der Waals surface area contributed by atoms with Crippen molar-refractivity contribution in [2.24, 2.45) is 0 Å². The molecular weight excluding hydrogens is 284 g/mol. The summed E-state index contributed by atoms with van der Waals surface area (Å²) in [6.45, 7) is 3.73. The van der Waals surface area contributed by atoms with Gasteiger partial charge in [-0.2, -0.15) is 0 Å². The standard InChI is InChI=1S/C16H26N2O2S/c1-3-4-8-13-16(19)18(10-5-6-11-20-2)15(17-13)14-9-7-12-21-14/h7,9,12-13,15,17H,3-6,8,10-11H2,1-2H3. The van der Waals surface area contributed by atoms with Gasteiger partial charge < -0.3 is 9.64 Å². The molecule has 1 amide bonds. The first kappa shape index (κ1) is 16.5. The Balaban J connectivity index is 1.99. The molecule has 0 radical (unpaired) electrons. The van der Waals surface area contributed by atoms with Crippen molar-refractivity contribution in [2.45, 2.75) is 51.2 Å². The van der Waals surface area contributed by atoms with Gasteiger partial charge in [0, 0.05) is 25.1 Å². The number of carbonyl (C=O) groups is 1. The number of thiophene rings is 1. The number of hydrogen-bond donors (Lipinski definition) is 1. The van der Waals surface area contributed by atoms with Gasteiger partial charge in [-0.3, -0.25) is 10.1 Å². The number of nitrogens with zero attached hydrogens (tertiary/aromatic N) is 1. The fourth-order valence-electron chi connectivity index (χ4n) is 2.74. The van der Waals surface area contributed by atoms with Crippen molar-refractivity contribution < 1.29 is 9.53 Å². The largest absolute Gasteiger partial charge is 0.385 e. The van der Waals surface area contributed by atoms with Crippen LogP contribution < -0.4 is 5.32 Å². The van der Waals surface area contributed by atoms with Crippen molar-refractivity contribution in [3.63, 3.8) is 0 Å². The maximum atomic E-state index is 12.6. The summed E-state index contributed by atoms with van der Waals surface area (Å²) in [5.74, 6) is 0.263. The second-order valence-corrected chi connectivity index (χ2v) is 6.49. The van der Waals surface area contributed by atoms with Gasteiger partial charge in [-0.1, -0.05) is 25.8 Å². The van der Waals surface area contributed by atoms with Crippen LogP contribution in [0.2, 0.25) is 0 Å². The van der Waals surface area contributed by atoms with Crippen molar-refractivity contribution in [3.05, 3.63) is 22.4 Å². The van der Waals surface area contributed by atoms with Crippen LogP contribution in [0.5, 0.6) is 0 Å². The topological polar surface area (TPSA) is 41.6 Å². The monoisotopic (exact) mass is 310 g/mol. The summed E-state index contributed by atoms with van der Waals surface area (Å²) >= 11 is 1.71. The first-order valence-electron chi connectivity index (χ1n) is 7.86. The summed E-state index contributed by atoms with van der Waals surface area (Å²) in [5.41, 5.74) is 0. The van der Waals surface area contributed by atoms with E-state index >= 15 is 0 Å². The summed E-state index contributed by atoms with van der Waals surface area (Å²) in [6, 6.07) is 4.15. The van der Waals surface area contributed by atoms with E-state index in [2.05, 4.69) is 29.8 Å². The molecule has 1 aromatic rings. The number of unbranched alkanes of at least 4 members (excludes halogenated alkanes) is 2. The highest BCUT2D eigenvalue weighted by atomic mass is 32.1. The van der Waals surface area contributed by atoms with E-state index < -0.39 is 0 Å². The summed E-state index contributed by atoms with van der Waals surface area (Å²) in [5, 5.41) is 5.60. The summed E-state index contributed by atoms with van der Waals surface area (Å²) in [7, 11) is 1.72. The Morgan fingerprint density at radius 1 is 1.38 bits per heavy atom. The van der Waals surface area contributed by atoms with E-state index in [1.807, 2.05) is 4.90 Å². The van der Waals surface area contributed by atoms with E-state index in [1.165, 1.54) is 4.88 Å². The lowest BCUT2D eigenvalue weighted by molar-refractivity contribution is -0.130. The quantitative estimate of drug-likeness (QED) is 0.712. The van der Waals surface area contributed by atoms with Crippen LogP contribution in [-0.4, -0.2) is 37.1 Å². The van der Waals surface area contributed by atoms with Crippen LogP contribution >= 0.6 is 11.3 Å². The predicted molar refractivity (Wildman–Crippen MR) is 86.3 cm³/mol. The lowest BCUT2D eigenvalue weighted by atomic mass is 10.1. The Bertz CT molecular complexity index is 422. The van der Waals surface area contributed by atoms with E-state index in [9.17, 15) is 4.79 Å². The molecule has 1 aromatic heterocycles. The molecule has 5 heteroatoms. The van der Waals surface area contributed by atoms with Crippen molar-refractivity contribution in [2.75, 3.05) is 20.3 Å². The first-order chi connectivity index (χ1) is 10.3. The third kappa shape index (κ3) is 4.28. The Kier molecular flexibility index (Phi) is 6.67. The zero-order chi connectivity index (χ0) is 15.1. The number of hydrogen-bond acceptors (Lipinski definition) is 4. The smallest absolute Gasteiger partial charge is 0.241 e. The number of methoxy groups -OCH3 is 1. The molecule has 0 aliphatic carbocycles. The van der Waals surface area contributed by atoms with Gasteiger partial charge in [0.25, 0.3) is 0 Å². The molecule has 0 spiro atoms. The van der Waals surface area contributed by atoms with Gasteiger partial charge in [-0.25, -0.2) is 0 Å². The third-order valence-corrected chi connectivity index (χ3v) is 4.83. The molecule has 1 N–H and O–H groups in total. The third-order valence-electron chi connectivity index (χ3n) is 3.91. The number of rotatable bonds is 9. The van der Waals surface area contributed by atoms with Crippen LogP contribution in [0.25, 0.3) is 0 Å². The molecule has 1 fully saturated rings. The van der Waals surface area contributed by atoms with E-state index in [1.54, 1.807) is 18.4 Å². The SMILES string of the molecule is CCCCC1NC(c2cccs2)N(CCCCOC)C1=O. The fourth-order valence-corrected chi connectivity index (χ4v) is 3.54. The number of nitrogens with one attached hydrogen (secondary N) is 1. The highest BCUT2D eigenvalue weighted by Crippen LogP contribution is 2.30. The van der Waals surface area contributed by atoms with Gasteiger partial charge >= 0.3 is 0 Å². The van der Waals surface area contributed by atoms with Crippen LogP contribution in [0.15, 0.2) is 17.5 Å². The molecule has 2 heterocycles. The normalized spacial score (nSPS) is 22.2. The zero-order valence-electron chi connectivity index (χ0n) is 13.0. The molecule has 0 saturated carbocycles. The molecule has 1 aliphatic rings. The molecule has 2 atom stereocenters. The van der Waals surface area contributed by atoms with Crippen molar-refractivity contribution in [1.29, 1.82) is 0 Å². The predicted octanol–water partition coefficient (Wildman–Crippen LogP) is 3.16. The fraction of sp³-hybridized carbons (Fsp3) is 0.688. The van der Waals surface area contributed by atoms with E-state index in [4.69, 9.17) is 4.74 Å². The van der Waals surface area contributed by atoms with Gasteiger partial charge in [0.2, 0.25) is 5.91 Å². The second kappa shape index (κ2) is 8.51. The summed E-state index contributed by atoms with van der Waals surface area (Å²) < 4.78 is 5.09. The van der Waals surface area contributed by atoms with Gasteiger partial charge in [0.15, 0.2) is 0 Å². The Morgan fingerprint density at radius 2 is 2.24 bits per heavy atom. The van der Waals surface area contributed by atoms with Crippen LogP contribution in [0, 0.1) is 0 Å². The molecular formula is C16H26N2O2S. The van der Waals surface area contributed by atoms with Crippen LogP contribution in [-0.2, 0) is 9.53 Å².